The largest absolute Gasteiger partial charge is 0.491 e. The van der Waals surface area contributed by atoms with Gasteiger partial charge in [-0.1, -0.05) is 18.2 Å². The second-order valence-electron chi connectivity index (χ2n) is 6.14. The molecule has 2 aromatic carbocycles. The maximum Gasteiger partial charge on any atom is 0.251 e. The number of hydrogen-bond acceptors (Lipinski definition) is 4. The van der Waals surface area contributed by atoms with E-state index in [-0.39, 0.29) is 11.9 Å². The molecule has 5 nitrogen and oxygen atoms in total. The van der Waals surface area contributed by atoms with Crippen molar-refractivity contribution in [3.05, 3.63) is 60.2 Å². The fourth-order valence-corrected chi connectivity index (χ4v) is 2.73. The monoisotopic (exact) mass is 340 g/mol. The third kappa shape index (κ3) is 4.97. The van der Waals surface area contributed by atoms with Gasteiger partial charge in [-0.3, -0.25) is 4.79 Å². The van der Waals surface area contributed by atoms with E-state index in [0.717, 1.165) is 37.7 Å². The summed E-state index contributed by atoms with van der Waals surface area (Å²) in [4.78, 5) is 14.6. The van der Waals surface area contributed by atoms with Crippen molar-refractivity contribution in [2.75, 3.05) is 37.8 Å². The summed E-state index contributed by atoms with van der Waals surface area (Å²) >= 11 is 0. The molecule has 1 atom stereocenters. The van der Waals surface area contributed by atoms with E-state index in [2.05, 4.69) is 10.2 Å². The first-order chi connectivity index (χ1) is 12.2. The Bertz CT molecular complexity index is 667. The highest BCUT2D eigenvalue weighted by Crippen LogP contribution is 2.16. The molecule has 25 heavy (non-hydrogen) atoms. The summed E-state index contributed by atoms with van der Waals surface area (Å²) in [5, 5.41) is 2.97. The molecular formula is C20H24N2O3. The van der Waals surface area contributed by atoms with Crippen LogP contribution in [0, 0.1) is 0 Å². The number of anilines is 1. The van der Waals surface area contributed by atoms with Crippen molar-refractivity contribution in [2.24, 2.45) is 0 Å². The molecule has 0 radical (unpaired) electrons. The molecule has 1 heterocycles. The van der Waals surface area contributed by atoms with Crippen LogP contribution in [0.2, 0.25) is 0 Å². The molecule has 132 valence electrons. The minimum atomic E-state index is -0.0855. The minimum absolute atomic E-state index is 0.0772. The molecular weight excluding hydrogens is 316 g/mol. The summed E-state index contributed by atoms with van der Waals surface area (Å²) in [7, 11) is 0. The first-order valence-electron chi connectivity index (χ1n) is 8.64. The summed E-state index contributed by atoms with van der Waals surface area (Å²) in [5.41, 5.74) is 1.78. The van der Waals surface area contributed by atoms with Crippen LogP contribution in [-0.4, -0.2) is 44.9 Å². The normalized spacial score (nSPS) is 15.5. The van der Waals surface area contributed by atoms with Gasteiger partial charge in [0.1, 0.15) is 12.4 Å². The highest BCUT2D eigenvalue weighted by atomic mass is 16.5. The Morgan fingerprint density at radius 1 is 1.12 bits per heavy atom. The highest BCUT2D eigenvalue weighted by Gasteiger charge is 2.13. The van der Waals surface area contributed by atoms with Crippen LogP contribution < -0.4 is 15.0 Å². The SMILES string of the molecule is C[C@H](COc1ccccc1)NC(=O)c1ccc(N2CCOCC2)cc1. The average Bonchev–Trinajstić information content (AvgIpc) is 2.68. The quantitative estimate of drug-likeness (QED) is 0.878. The number of hydrogen-bond donors (Lipinski definition) is 1. The topological polar surface area (TPSA) is 50.8 Å². The summed E-state index contributed by atoms with van der Waals surface area (Å²) in [6, 6.07) is 17.2. The van der Waals surface area contributed by atoms with Gasteiger partial charge in [0.15, 0.2) is 0 Å². The van der Waals surface area contributed by atoms with Gasteiger partial charge in [0.2, 0.25) is 0 Å². The second kappa shape index (κ2) is 8.53. The first-order valence-corrected chi connectivity index (χ1v) is 8.64. The van der Waals surface area contributed by atoms with Gasteiger partial charge >= 0.3 is 0 Å². The molecule has 0 saturated carbocycles. The number of amides is 1. The average molecular weight is 340 g/mol. The van der Waals surface area contributed by atoms with Crippen molar-refractivity contribution in [1.82, 2.24) is 5.32 Å². The van der Waals surface area contributed by atoms with Gasteiger partial charge in [-0.2, -0.15) is 0 Å². The van der Waals surface area contributed by atoms with Gasteiger partial charge in [0.25, 0.3) is 5.91 Å². The lowest BCUT2D eigenvalue weighted by molar-refractivity contribution is 0.0926. The molecule has 2 aromatic rings. The zero-order valence-corrected chi connectivity index (χ0v) is 14.5. The van der Waals surface area contributed by atoms with Crippen LogP contribution >= 0.6 is 0 Å². The van der Waals surface area contributed by atoms with E-state index in [9.17, 15) is 4.79 Å². The molecule has 1 aliphatic heterocycles. The van der Waals surface area contributed by atoms with E-state index < -0.39 is 0 Å². The smallest absolute Gasteiger partial charge is 0.251 e. The molecule has 0 bridgehead atoms. The van der Waals surface area contributed by atoms with Crippen LogP contribution in [0.4, 0.5) is 5.69 Å². The Balaban J connectivity index is 1.50. The lowest BCUT2D eigenvalue weighted by atomic mass is 10.1. The van der Waals surface area contributed by atoms with Crippen LogP contribution in [0.1, 0.15) is 17.3 Å². The van der Waals surface area contributed by atoms with Gasteiger partial charge in [0, 0.05) is 24.3 Å². The van der Waals surface area contributed by atoms with Crippen molar-refractivity contribution in [3.63, 3.8) is 0 Å². The number of benzene rings is 2. The van der Waals surface area contributed by atoms with Crippen LogP contribution in [0.3, 0.4) is 0 Å². The van der Waals surface area contributed by atoms with Gasteiger partial charge in [-0.25, -0.2) is 0 Å². The van der Waals surface area contributed by atoms with Crippen LogP contribution in [-0.2, 0) is 4.74 Å². The van der Waals surface area contributed by atoms with Crippen molar-refractivity contribution in [1.29, 1.82) is 0 Å². The maximum absolute atomic E-state index is 12.4. The number of ether oxygens (including phenoxy) is 2. The Morgan fingerprint density at radius 3 is 2.48 bits per heavy atom. The minimum Gasteiger partial charge on any atom is -0.491 e. The Hall–Kier alpha value is -2.53. The fourth-order valence-electron chi connectivity index (χ4n) is 2.73. The van der Waals surface area contributed by atoms with Gasteiger partial charge < -0.3 is 19.7 Å². The molecule has 1 fully saturated rings. The number of carbonyl (C=O) groups excluding carboxylic acids is 1. The molecule has 1 aliphatic rings. The third-order valence-electron chi connectivity index (χ3n) is 4.13. The summed E-state index contributed by atoms with van der Waals surface area (Å²) in [6.45, 7) is 5.64. The number of rotatable bonds is 6. The van der Waals surface area contributed by atoms with Crippen molar-refractivity contribution in [3.8, 4) is 5.75 Å². The number of carbonyl (C=O) groups is 1. The summed E-state index contributed by atoms with van der Waals surface area (Å²) < 4.78 is 11.0. The Morgan fingerprint density at radius 2 is 1.80 bits per heavy atom. The number of morpholine rings is 1. The first kappa shape index (κ1) is 17.3. The van der Waals surface area contributed by atoms with E-state index in [1.165, 1.54) is 0 Å². The van der Waals surface area contributed by atoms with E-state index in [1.807, 2.05) is 61.5 Å². The molecule has 0 aliphatic carbocycles. The Kier molecular flexibility index (Phi) is 5.90. The van der Waals surface area contributed by atoms with Crippen LogP contribution in [0.5, 0.6) is 5.75 Å². The molecule has 1 N–H and O–H groups in total. The predicted octanol–water partition coefficient (Wildman–Crippen LogP) is 2.72. The van der Waals surface area contributed by atoms with Crippen molar-refractivity contribution >= 4 is 11.6 Å². The molecule has 0 spiro atoms. The highest BCUT2D eigenvalue weighted by molar-refractivity contribution is 5.94. The van der Waals surface area contributed by atoms with Crippen LogP contribution in [0.25, 0.3) is 0 Å². The lowest BCUT2D eigenvalue weighted by Gasteiger charge is -2.28. The molecule has 0 unspecified atom stereocenters. The number of para-hydroxylation sites is 1. The summed E-state index contributed by atoms with van der Waals surface area (Å²) in [5.74, 6) is 0.719. The lowest BCUT2D eigenvalue weighted by Crippen LogP contribution is -2.37. The van der Waals surface area contributed by atoms with E-state index in [1.54, 1.807) is 0 Å². The second-order valence-corrected chi connectivity index (χ2v) is 6.14. The zero-order valence-electron chi connectivity index (χ0n) is 14.5. The molecule has 5 heteroatoms. The molecule has 1 saturated heterocycles. The Labute approximate surface area is 148 Å². The van der Waals surface area contributed by atoms with E-state index >= 15 is 0 Å². The van der Waals surface area contributed by atoms with Crippen molar-refractivity contribution < 1.29 is 14.3 Å². The fraction of sp³-hybridized carbons (Fsp3) is 0.350. The van der Waals surface area contributed by atoms with Gasteiger partial charge in [0.05, 0.1) is 19.3 Å². The third-order valence-corrected chi connectivity index (χ3v) is 4.13. The standard InChI is InChI=1S/C20H24N2O3/c1-16(15-25-19-5-3-2-4-6-19)21-20(23)17-7-9-18(10-8-17)22-11-13-24-14-12-22/h2-10,16H,11-15H2,1H3,(H,21,23)/t16-/m1/s1. The van der Waals surface area contributed by atoms with Gasteiger partial charge in [-0.15, -0.1) is 0 Å². The van der Waals surface area contributed by atoms with E-state index in [0.29, 0.717) is 12.2 Å². The predicted molar refractivity (Wildman–Crippen MR) is 98.3 cm³/mol. The van der Waals surface area contributed by atoms with Gasteiger partial charge in [-0.05, 0) is 43.3 Å². The summed E-state index contributed by atoms with van der Waals surface area (Å²) in [6.07, 6.45) is 0. The van der Waals surface area contributed by atoms with Crippen LogP contribution in [0.15, 0.2) is 54.6 Å². The molecule has 3 rings (SSSR count). The number of nitrogens with zero attached hydrogens (tertiary/aromatic N) is 1. The number of nitrogens with one attached hydrogen (secondary N) is 1. The molecule has 0 aromatic heterocycles. The molecule has 1 amide bonds. The maximum atomic E-state index is 12.4. The van der Waals surface area contributed by atoms with Crippen molar-refractivity contribution in [2.45, 2.75) is 13.0 Å². The van der Waals surface area contributed by atoms with E-state index in [4.69, 9.17) is 9.47 Å². The zero-order chi connectivity index (χ0) is 17.5.